The summed E-state index contributed by atoms with van der Waals surface area (Å²) in [7, 11) is 0. The maximum atomic E-state index is 13.1. The third kappa shape index (κ3) is 2.08. The minimum absolute atomic E-state index is 0.224. The van der Waals surface area contributed by atoms with Gasteiger partial charge in [-0.25, -0.2) is 9.37 Å². The summed E-state index contributed by atoms with van der Waals surface area (Å²) in [6.45, 7) is 1.04. The Bertz CT molecular complexity index is 515. The summed E-state index contributed by atoms with van der Waals surface area (Å²) in [6, 6.07) is 6.86. The van der Waals surface area contributed by atoms with Crippen molar-refractivity contribution in [2.75, 3.05) is 6.54 Å². The van der Waals surface area contributed by atoms with Crippen LogP contribution < -0.4 is 5.32 Å². The quantitative estimate of drug-likeness (QED) is 0.834. The van der Waals surface area contributed by atoms with Crippen molar-refractivity contribution in [3.05, 3.63) is 42.1 Å². The summed E-state index contributed by atoms with van der Waals surface area (Å²) >= 11 is 0. The molecule has 2 N–H and O–H groups in total. The first-order valence-electron chi connectivity index (χ1n) is 5.87. The number of halogens is 1. The highest BCUT2D eigenvalue weighted by molar-refractivity contribution is 5.58. The Morgan fingerprint density at radius 1 is 1.35 bits per heavy atom. The fourth-order valence-corrected chi connectivity index (χ4v) is 2.23. The SMILES string of the molecule is Fc1cccc(-c2cnc([C@H]3CCCN3)[nH]2)c1. The van der Waals surface area contributed by atoms with E-state index in [4.69, 9.17) is 0 Å². The number of rotatable bonds is 2. The van der Waals surface area contributed by atoms with Crippen LogP contribution in [0.25, 0.3) is 11.3 Å². The van der Waals surface area contributed by atoms with Gasteiger partial charge in [-0.05, 0) is 31.5 Å². The first-order chi connectivity index (χ1) is 8.33. The molecule has 3 rings (SSSR count). The summed E-state index contributed by atoms with van der Waals surface area (Å²) in [5.74, 6) is 0.722. The van der Waals surface area contributed by atoms with Crippen molar-refractivity contribution >= 4 is 0 Å². The van der Waals surface area contributed by atoms with E-state index in [0.717, 1.165) is 30.0 Å². The molecule has 88 valence electrons. The van der Waals surface area contributed by atoms with E-state index in [9.17, 15) is 4.39 Å². The van der Waals surface area contributed by atoms with Crippen LogP contribution in [0.2, 0.25) is 0 Å². The number of nitrogens with one attached hydrogen (secondary N) is 2. The van der Waals surface area contributed by atoms with Crippen molar-refractivity contribution in [2.24, 2.45) is 0 Å². The van der Waals surface area contributed by atoms with Crippen molar-refractivity contribution in [2.45, 2.75) is 18.9 Å². The van der Waals surface area contributed by atoms with Crippen LogP contribution in [0.15, 0.2) is 30.5 Å². The van der Waals surface area contributed by atoms with Gasteiger partial charge in [-0.1, -0.05) is 12.1 Å². The molecule has 0 amide bonds. The number of hydrogen-bond acceptors (Lipinski definition) is 2. The lowest BCUT2D eigenvalue weighted by Gasteiger charge is -2.05. The second-order valence-electron chi connectivity index (χ2n) is 4.34. The molecule has 3 nitrogen and oxygen atoms in total. The van der Waals surface area contributed by atoms with Gasteiger partial charge in [0, 0.05) is 5.56 Å². The summed E-state index contributed by atoms with van der Waals surface area (Å²) in [6.07, 6.45) is 4.06. The molecule has 1 aliphatic heterocycles. The van der Waals surface area contributed by atoms with Gasteiger partial charge in [0.05, 0.1) is 17.9 Å². The predicted octanol–water partition coefficient (Wildman–Crippen LogP) is 2.64. The average molecular weight is 231 g/mol. The zero-order chi connectivity index (χ0) is 11.7. The third-order valence-corrected chi connectivity index (χ3v) is 3.12. The van der Waals surface area contributed by atoms with Crippen LogP contribution in [0.5, 0.6) is 0 Å². The number of H-pyrrole nitrogens is 1. The van der Waals surface area contributed by atoms with Crippen LogP contribution in [-0.2, 0) is 0 Å². The number of aromatic nitrogens is 2. The van der Waals surface area contributed by atoms with Gasteiger partial charge in [0.25, 0.3) is 0 Å². The van der Waals surface area contributed by atoms with Gasteiger partial charge in [-0.2, -0.15) is 0 Å². The Morgan fingerprint density at radius 2 is 2.29 bits per heavy atom. The van der Waals surface area contributed by atoms with Gasteiger partial charge in [-0.15, -0.1) is 0 Å². The topological polar surface area (TPSA) is 40.7 Å². The van der Waals surface area contributed by atoms with E-state index in [1.54, 1.807) is 12.3 Å². The highest BCUT2D eigenvalue weighted by atomic mass is 19.1. The molecule has 1 aromatic heterocycles. The van der Waals surface area contributed by atoms with Crippen LogP contribution in [-0.4, -0.2) is 16.5 Å². The molecule has 0 unspecified atom stereocenters. The molecule has 1 saturated heterocycles. The van der Waals surface area contributed by atoms with E-state index in [-0.39, 0.29) is 5.82 Å². The number of nitrogens with zero attached hydrogens (tertiary/aromatic N) is 1. The van der Waals surface area contributed by atoms with Crippen molar-refractivity contribution in [3.63, 3.8) is 0 Å². The van der Waals surface area contributed by atoms with Gasteiger partial charge in [0.15, 0.2) is 0 Å². The first kappa shape index (κ1) is 10.5. The van der Waals surface area contributed by atoms with Gasteiger partial charge in [0.2, 0.25) is 0 Å². The summed E-state index contributed by atoms with van der Waals surface area (Å²) in [4.78, 5) is 7.62. The fourth-order valence-electron chi connectivity index (χ4n) is 2.23. The molecule has 0 radical (unpaired) electrons. The molecule has 0 aliphatic carbocycles. The van der Waals surface area contributed by atoms with E-state index >= 15 is 0 Å². The fraction of sp³-hybridized carbons (Fsp3) is 0.308. The Kier molecular flexibility index (Phi) is 2.65. The molecule has 4 heteroatoms. The Hall–Kier alpha value is -1.68. The highest BCUT2D eigenvalue weighted by Crippen LogP contribution is 2.24. The molecule has 0 spiro atoms. The molecule has 17 heavy (non-hydrogen) atoms. The van der Waals surface area contributed by atoms with Crippen LogP contribution in [0, 0.1) is 5.82 Å². The summed E-state index contributed by atoms with van der Waals surface area (Å²) in [5.41, 5.74) is 1.70. The molecule has 1 fully saturated rings. The van der Waals surface area contributed by atoms with E-state index in [0.29, 0.717) is 6.04 Å². The van der Waals surface area contributed by atoms with Gasteiger partial charge < -0.3 is 10.3 Å². The maximum absolute atomic E-state index is 13.1. The number of benzene rings is 1. The van der Waals surface area contributed by atoms with Crippen LogP contribution in [0.1, 0.15) is 24.7 Å². The second kappa shape index (κ2) is 4.30. The van der Waals surface area contributed by atoms with E-state index in [2.05, 4.69) is 15.3 Å². The highest BCUT2D eigenvalue weighted by Gasteiger charge is 2.19. The lowest BCUT2D eigenvalue weighted by atomic mass is 10.2. The van der Waals surface area contributed by atoms with Gasteiger partial charge >= 0.3 is 0 Å². The maximum Gasteiger partial charge on any atom is 0.123 e. The average Bonchev–Trinajstić information content (AvgIpc) is 3.00. The van der Waals surface area contributed by atoms with Crippen LogP contribution in [0.4, 0.5) is 4.39 Å². The van der Waals surface area contributed by atoms with E-state index < -0.39 is 0 Å². The minimum atomic E-state index is -0.224. The van der Waals surface area contributed by atoms with Crippen molar-refractivity contribution in [3.8, 4) is 11.3 Å². The largest absolute Gasteiger partial charge is 0.341 e. The Balaban J connectivity index is 1.89. The molecule has 1 aromatic carbocycles. The van der Waals surface area contributed by atoms with Crippen LogP contribution in [0.3, 0.4) is 0 Å². The Morgan fingerprint density at radius 3 is 3.06 bits per heavy atom. The monoisotopic (exact) mass is 231 g/mol. The lowest BCUT2D eigenvalue weighted by Crippen LogP contribution is -2.14. The van der Waals surface area contributed by atoms with E-state index in [1.807, 2.05) is 6.07 Å². The zero-order valence-corrected chi connectivity index (χ0v) is 9.41. The molecule has 2 aromatic rings. The smallest absolute Gasteiger partial charge is 0.123 e. The molecular formula is C13H14FN3. The van der Waals surface area contributed by atoms with Crippen molar-refractivity contribution in [1.82, 2.24) is 15.3 Å². The molecular weight excluding hydrogens is 217 g/mol. The molecule has 0 saturated carbocycles. The normalized spacial score (nSPS) is 19.7. The second-order valence-corrected chi connectivity index (χ2v) is 4.34. The zero-order valence-electron chi connectivity index (χ0n) is 9.41. The molecule has 0 bridgehead atoms. The summed E-state index contributed by atoms with van der Waals surface area (Å²) in [5, 5.41) is 3.38. The van der Waals surface area contributed by atoms with Gasteiger partial charge in [-0.3, -0.25) is 0 Å². The van der Waals surface area contributed by atoms with Crippen molar-refractivity contribution < 1.29 is 4.39 Å². The number of aromatic amines is 1. The third-order valence-electron chi connectivity index (χ3n) is 3.12. The van der Waals surface area contributed by atoms with E-state index in [1.165, 1.54) is 18.6 Å². The van der Waals surface area contributed by atoms with Crippen LogP contribution >= 0.6 is 0 Å². The van der Waals surface area contributed by atoms with Gasteiger partial charge in [0.1, 0.15) is 11.6 Å². The predicted molar refractivity (Wildman–Crippen MR) is 64.0 cm³/mol. The number of imidazole rings is 1. The standard InChI is InChI=1S/C13H14FN3/c14-10-4-1-3-9(7-10)12-8-16-13(17-12)11-5-2-6-15-11/h1,3-4,7-8,11,15H,2,5-6H2,(H,16,17)/t11-/m1/s1. The summed E-state index contributed by atoms with van der Waals surface area (Å²) < 4.78 is 13.1. The minimum Gasteiger partial charge on any atom is -0.341 e. The molecule has 1 aliphatic rings. The molecule has 2 heterocycles. The lowest BCUT2D eigenvalue weighted by molar-refractivity contribution is 0.612. The Labute approximate surface area is 99.1 Å². The molecule has 1 atom stereocenters. The number of hydrogen-bond donors (Lipinski definition) is 2. The van der Waals surface area contributed by atoms with Crippen molar-refractivity contribution in [1.29, 1.82) is 0 Å². The first-order valence-corrected chi connectivity index (χ1v) is 5.87.